The van der Waals surface area contributed by atoms with Gasteiger partial charge in [0.15, 0.2) is 5.76 Å². The van der Waals surface area contributed by atoms with Crippen molar-refractivity contribution in [1.82, 2.24) is 4.98 Å². The zero-order valence-electron chi connectivity index (χ0n) is 12.0. The predicted octanol–water partition coefficient (Wildman–Crippen LogP) is 2.41. The van der Waals surface area contributed by atoms with Crippen LogP contribution < -0.4 is 5.73 Å². The van der Waals surface area contributed by atoms with Crippen molar-refractivity contribution < 1.29 is 9.84 Å². The molecule has 0 fully saturated rings. The molecule has 0 spiro atoms. The molecule has 0 saturated carbocycles. The maximum atomic E-state index is 11.0. The summed E-state index contributed by atoms with van der Waals surface area (Å²) in [5, 5.41) is 11.0. The van der Waals surface area contributed by atoms with Crippen molar-refractivity contribution in [1.29, 1.82) is 0 Å². The lowest BCUT2D eigenvalue weighted by atomic mass is 9.76. The molecule has 110 valence electrons. The van der Waals surface area contributed by atoms with Gasteiger partial charge in [-0.25, -0.2) is 0 Å². The van der Waals surface area contributed by atoms with Crippen molar-refractivity contribution in [2.45, 2.75) is 26.4 Å². The van der Waals surface area contributed by atoms with Crippen LogP contribution >= 0.6 is 11.3 Å². The van der Waals surface area contributed by atoms with Crippen LogP contribution in [0.1, 0.15) is 25.6 Å². The number of ether oxygens (including phenoxy) is 1. The minimum absolute atomic E-state index is 0.0604. The van der Waals surface area contributed by atoms with Crippen LogP contribution in [0.3, 0.4) is 0 Å². The van der Waals surface area contributed by atoms with Crippen LogP contribution in [0.4, 0.5) is 0 Å². The first kappa shape index (κ1) is 16.4. The van der Waals surface area contributed by atoms with Gasteiger partial charge in [-0.15, -0.1) is 11.3 Å². The molecule has 1 atom stereocenters. The van der Waals surface area contributed by atoms with E-state index in [1.54, 1.807) is 11.7 Å². The molecule has 0 bridgehead atoms. The average molecular weight is 295 g/mol. The van der Waals surface area contributed by atoms with E-state index in [0.717, 1.165) is 4.88 Å². The number of allylic oxidation sites excluding steroid dienone is 1. The van der Waals surface area contributed by atoms with Gasteiger partial charge in [0, 0.05) is 18.6 Å². The second-order valence-electron chi connectivity index (χ2n) is 5.29. The van der Waals surface area contributed by atoms with Crippen LogP contribution in [0.5, 0.6) is 0 Å². The number of nitrogens with zero attached hydrogens (tertiary/aromatic N) is 2. The standard InChI is InChI=1S/C14H21N3O2S/c1-5-16-7-11(6-15)19-9-14(18,13(2,3)4)12-8-17-10-20-12/h5-8,10,18H,1,9,15H2,2-4H3/b11-6+,16-7-. The average Bonchev–Trinajstić information content (AvgIpc) is 2.91. The number of rotatable bonds is 6. The maximum absolute atomic E-state index is 11.0. The smallest absolute Gasteiger partial charge is 0.153 e. The molecule has 5 nitrogen and oxygen atoms in total. The second kappa shape index (κ2) is 6.67. The minimum atomic E-state index is -1.16. The van der Waals surface area contributed by atoms with Gasteiger partial charge in [-0.05, 0) is 5.41 Å². The lowest BCUT2D eigenvalue weighted by Gasteiger charge is -2.38. The van der Waals surface area contributed by atoms with Crippen molar-refractivity contribution in [3.63, 3.8) is 0 Å². The summed E-state index contributed by atoms with van der Waals surface area (Å²) in [6, 6.07) is 0. The van der Waals surface area contributed by atoms with Crippen LogP contribution in [-0.4, -0.2) is 22.9 Å². The van der Waals surface area contributed by atoms with Gasteiger partial charge in [0.2, 0.25) is 0 Å². The fourth-order valence-electron chi connectivity index (χ4n) is 1.52. The maximum Gasteiger partial charge on any atom is 0.153 e. The Morgan fingerprint density at radius 1 is 1.60 bits per heavy atom. The Morgan fingerprint density at radius 3 is 2.75 bits per heavy atom. The third-order valence-corrected chi connectivity index (χ3v) is 3.92. The van der Waals surface area contributed by atoms with Crippen molar-refractivity contribution in [3.8, 4) is 0 Å². The summed E-state index contributed by atoms with van der Waals surface area (Å²) in [5.74, 6) is 0.372. The molecule has 0 aliphatic heterocycles. The Morgan fingerprint density at radius 2 is 2.30 bits per heavy atom. The van der Waals surface area contributed by atoms with Crippen LogP contribution in [0.25, 0.3) is 0 Å². The van der Waals surface area contributed by atoms with Crippen LogP contribution in [0.15, 0.2) is 41.4 Å². The van der Waals surface area contributed by atoms with Gasteiger partial charge < -0.3 is 15.6 Å². The van der Waals surface area contributed by atoms with E-state index in [1.165, 1.54) is 30.0 Å². The summed E-state index contributed by atoms with van der Waals surface area (Å²) in [5.41, 5.74) is 5.57. The largest absolute Gasteiger partial charge is 0.487 e. The van der Waals surface area contributed by atoms with E-state index in [4.69, 9.17) is 10.5 Å². The van der Waals surface area contributed by atoms with Gasteiger partial charge in [-0.3, -0.25) is 9.98 Å². The molecule has 1 aromatic heterocycles. The van der Waals surface area contributed by atoms with Gasteiger partial charge >= 0.3 is 0 Å². The number of thiazole rings is 1. The van der Waals surface area contributed by atoms with Crippen LogP contribution in [-0.2, 0) is 10.3 Å². The van der Waals surface area contributed by atoms with Gasteiger partial charge in [0.05, 0.1) is 16.6 Å². The lowest BCUT2D eigenvalue weighted by molar-refractivity contribution is -0.104. The van der Waals surface area contributed by atoms with Crippen molar-refractivity contribution >= 4 is 17.6 Å². The molecule has 0 aliphatic rings. The summed E-state index contributed by atoms with van der Waals surface area (Å²) in [6.45, 7) is 9.37. The Kier molecular flexibility index (Phi) is 5.47. The van der Waals surface area contributed by atoms with Gasteiger partial charge in [-0.1, -0.05) is 27.4 Å². The molecule has 1 aromatic rings. The number of aliphatic hydroxyl groups is 1. The van der Waals surface area contributed by atoms with Crippen LogP contribution in [0, 0.1) is 5.41 Å². The van der Waals surface area contributed by atoms with E-state index < -0.39 is 11.0 Å². The third kappa shape index (κ3) is 3.68. The molecule has 0 aliphatic carbocycles. The van der Waals surface area contributed by atoms with Gasteiger partial charge in [-0.2, -0.15) is 0 Å². The van der Waals surface area contributed by atoms with Gasteiger partial charge in [0.25, 0.3) is 0 Å². The Bertz CT molecular complexity index is 489. The van der Waals surface area contributed by atoms with E-state index in [1.807, 2.05) is 20.8 Å². The molecule has 3 N–H and O–H groups in total. The van der Waals surface area contributed by atoms with E-state index in [2.05, 4.69) is 16.6 Å². The predicted molar refractivity (Wildman–Crippen MR) is 82.4 cm³/mol. The van der Waals surface area contributed by atoms with E-state index in [9.17, 15) is 5.11 Å². The first-order valence-corrected chi connectivity index (χ1v) is 7.03. The Balaban J connectivity index is 2.93. The highest BCUT2D eigenvalue weighted by Gasteiger charge is 2.44. The first-order chi connectivity index (χ1) is 9.35. The molecule has 1 rings (SSSR count). The summed E-state index contributed by atoms with van der Waals surface area (Å²) in [6.07, 6.45) is 5.78. The summed E-state index contributed by atoms with van der Waals surface area (Å²) in [7, 11) is 0. The zero-order valence-corrected chi connectivity index (χ0v) is 12.9. The highest BCUT2D eigenvalue weighted by atomic mass is 32.1. The van der Waals surface area contributed by atoms with Crippen molar-refractivity contribution in [3.05, 3.63) is 41.3 Å². The second-order valence-corrected chi connectivity index (χ2v) is 6.18. The Labute approximate surface area is 123 Å². The summed E-state index contributed by atoms with van der Waals surface area (Å²) < 4.78 is 5.58. The lowest BCUT2D eigenvalue weighted by Crippen LogP contribution is -2.43. The molecule has 0 amide bonds. The summed E-state index contributed by atoms with van der Waals surface area (Å²) >= 11 is 1.39. The molecule has 0 aromatic carbocycles. The molecule has 6 heteroatoms. The monoisotopic (exact) mass is 295 g/mol. The molecule has 0 saturated heterocycles. The highest BCUT2D eigenvalue weighted by Crippen LogP contribution is 2.41. The number of aliphatic imine (C=N–C) groups is 1. The van der Waals surface area contributed by atoms with Gasteiger partial charge in [0.1, 0.15) is 12.2 Å². The normalized spacial score (nSPS) is 16.1. The molecule has 1 unspecified atom stereocenters. The van der Waals surface area contributed by atoms with Crippen molar-refractivity contribution in [2.75, 3.05) is 6.61 Å². The number of nitrogens with two attached hydrogens (primary N) is 1. The van der Waals surface area contributed by atoms with E-state index in [-0.39, 0.29) is 6.61 Å². The van der Waals surface area contributed by atoms with Crippen LogP contribution in [0.2, 0.25) is 0 Å². The molecular formula is C14H21N3O2S. The molecule has 0 radical (unpaired) electrons. The first-order valence-electron chi connectivity index (χ1n) is 6.15. The highest BCUT2D eigenvalue weighted by molar-refractivity contribution is 7.09. The Hall–Kier alpha value is -1.66. The quantitative estimate of drug-likeness (QED) is 0.624. The van der Waals surface area contributed by atoms with Crippen molar-refractivity contribution in [2.24, 2.45) is 16.1 Å². The SMILES string of the molecule is C=C/N=C\C(=C/N)OCC(O)(c1cncs1)C(C)(C)C. The van der Waals surface area contributed by atoms with E-state index >= 15 is 0 Å². The zero-order chi connectivity index (χ0) is 15.2. The number of aromatic nitrogens is 1. The molecular weight excluding hydrogens is 274 g/mol. The van der Waals surface area contributed by atoms with E-state index in [0.29, 0.717) is 5.76 Å². The minimum Gasteiger partial charge on any atom is -0.487 e. The fourth-order valence-corrected chi connectivity index (χ4v) is 2.44. The molecule has 20 heavy (non-hydrogen) atoms. The summed E-state index contributed by atoms with van der Waals surface area (Å²) in [4.78, 5) is 8.62. The third-order valence-electron chi connectivity index (χ3n) is 3.00. The molecule has 1 heterocycles. The number of hydrogen-bond donors (Lipinski definition) is 2. The number of hydrogen-bond acceptors (Lipinski definition) is 6. The fraction of sp³-hybridized carbons (Fsp3) is 0.429. The topological polar surface area (TPSA) is 80.7 Å².